The maximum Gasteiger partial charge on any atom is 0.262 e. The summed E-state index contributed by atoms with van der Waals surface area (Å²) in [5, 5.41) is 2.82. The van der Waals surface area contributed by atoms with E-state index in [1.807, 2.05) is 42.5 Å². The third-order valence-corrected chi connectivity index (χ3v) is 4.08. The molecule has 0 atom stereocenters. The monoisotopic (exact) mass is 411 g/mol. The summed E-state index contributed by atoms with van der Waals surface area (Å²) in [6.45, 7) is 2.07. The highest BCUT2D eigenvalue weighted by molar-refractivity contribution is 9.10. The second-order valence-corrected chi connectivity index (χ2v) is 6.23. The third kappa shape index (κ3) is 4.86. The molecule has 0 saturated carbocycles. The molecule has 110 valence electrons. The highest BCUT2D eigenvalue weighted by atomic mass is 79.9. The molecular weight excluding hydrogens is 398 g/mol. The molecular formula is C16H15Br2NO2. The molecule has 0 heterocycles. The average molecular weight is 413 g/mol. The first-order valence-corrected chi connectivity index (χ1v) is 8.13. The molecule has 0 radical (unpaired) electrons. The fraction of sp³-hybridized carbons (Fsp3) is 0.188. The summed E-state index contributed by atoms with van der Waals surface area (Å²) in [6, 6.07) is 13.2. The van der Waals surface area contributed by atoms with Crippen molar-refractivity contribution in [1.82, 2.24) is 0 Å². The molecule has 2 aromatic carbocycles. The Labute approximate surface area is 141 Å². The number of carbonyl (C=O) groups excluding carboxylic acids is 1. The Bertz CT molecular complexity index is 627. The van der Waals surface area contributed by atoms with Gasteiger partial charge in [0.15, 0.2) is 6.61 Å². The summed E-state index contributed by atoms with van der Waals surface area (Å²) in [5.41, 5.74) is 1.96. The van der Waals surface area contributed by atoms with E-state index >= 15 is 0 Å². The number of halogens is 2. The average Bonchev–Trinajstić information content (AvgIpc) is 2.48. The van der Waals surface area contributed by atoms with Crippen LogP contribution in [0.2, 0.25) is 0 Å². The van der Waals surface area contributed by atoms with Crippen LogP contribution in [-0.2, 0) is 11.2 Å². The lowest BCUT2D eigenvalue weighted by atomic mass is 10.1. The van der Waals surface area contributed by atoms with Crippen molar-refractivity contribution in [2.45, 2.75) is 13.3 Å². The van der Waals surface area contributed by atoms with Gasteiger partial charge in [0.2, 0.25) is 0 Å². The topological polar surface area (TPSA) is 38.3 Å². The van der Waals surface area contributed by atoms with Gasteiger partial charge in [-0.2, -0.15) is 0 Å². The molecule has 0 aliphatic rings. The summed E-state index contributed by atoms with van der Waals surface area (Å²) in [7, 11) is 0. The van der Waals surface area contributed by atoms with Crippen LogP contribution >= 0.6 is 31.9 Å². The number of amides is 1. The molecule has 2 aromatic rings. The van der Waals surface area contributed by atoms with Gasteiger partial charge in [0.1, 0.15) is 5.75 Å². The van der Waals surface area contributed by atoms with E-state index < -0.39 is 0 Å². The second-order valence-electron chi connectivity index (χ2n) is 4.46. The normalized spacial score (nSPS) is 10.2. The number of carbonyl (C=O) groups is 1. The lowest BCUT2D eigenvalue weighted by Gasteiger charge is -2.10. The third-order valence-electron chi connectivity index (χ3n) is 2.90. The SMILES string of the molecule is CCc1ccc(NC(=O)COc2ccc(Br)cc2)c(Br)c1. The highest BCUT2D eigenvalue weighted by Crippen LogP contribution is 2.24. The summed E-state index contributed by atoms with van der Waals surface area (Å²) >= 11 is 6.81. The minimum atomic E-state index is -0.192. The van der Waals surface area contributed by atoms with Crippen molar-refractivity contribution in [3.05, 3.63) is 57.0 Å². The number of anilines is 1. The smallest absolute Gasteiger partial charge is 0.262 e. The molecule has 0 aliphatic heterocycles. The maximum absolute atomic E-state index is 11.9. The fourth-order valence-corrected chi connectivity index (χ4v) is 2.54. The predicted molar refractivity (Wildman–Crippen MR) is 91.8 cm³/mol. The van der Waals surface area contributed by atoms with Crippen molar-refractivity contribution in [2.75, 3.05) is 11.9 Å². The standard InChI is InChI=1S/C16H15Br2NO2/c1-2-11-3-8-15(14(18)9-11)19-16(20)10-21-13-6-4-12(17)5-7-13/h3-9H,2,10H2,1H3,(H,19,20). The van der Waals surface area contributed by atoms with E-state index in [1.165, 1.54) is 5.56 Å². The number of ether oxygens (including phenoxy) is 1. The number of hydrogen-bond acceptors (Lipinski definition) is 2. The highest BCUT2D eigenvalue weighted by Gasteiger charge is 2.07. The second kappa shape index (κ2) is 7.61. The number of aryl methyl sites for hydroxylation is 1. The van der Waals surface area contributed by atoms with Crippen LogP contribution < -0.4 is 10.1 Å². The number of hydrogen-bond donors (Lipinski definition) is 1. The van der Waals surface area contributed by atoms with Crippen LogP contribution in [0.25, 0.3) is 0 Å². The molecule has 1 N–H and O–H groups in total. The van der Waals surface area contributed by atoms with Gasteiger partial charge < -0.3 is 10.1 Å². The first-order valence-electron chi connectivity index (χ1n) is 6.55. The van der Waals surface area contributed by atoms with E-state index in [2.05, 4.69) is 44.1 Å². The van der Waals surface area contributed by atoms with Crippen molar-refractivity contribution in [3.8, 4) is 5.75 Å². The van der Waals surface area contributed by atoms with Gasteiger partial charge in [-0.15, -0.1) is 0 Å². The first kappa shape index (κ1) is 16.0. The van der Waals surface area contributed by atoms with Crippen LogP contribution in [0.3, 0.4) is 0 Å². The van der Waals surface area contributed by atoms with Crippen LogP contribution in [0, 0.1) is 0 Å². The molecule has 0 spiro atoms. The van der Waals surface area contributed by atoms with Crippen LogP contribution in [0.4, 0.5) is 5.69 Å². The van der Waals surface area contributed by atoms with E-state index in [0.717, 1.165) is 21.1 Å². The molecule has 0 aliphatic carbocycles. The van der Waals surface area contributed by atoms with Crippen LogP contribution in [0.1, 0.15) is 12.5 Å². The molecule has 3 nitrogen and oxygen atoms in total. The van der Waals surface area contributed by atoms with Gasteiger partial charge >= 0.3 is 0 Å². The predicted octanol–water partition coefficient (Wildman–Crippen LogP) is 4.79. The molecule has 0 aromatic heterocycles. The molecule has 0 saturated heterocycles. The first-order chi connectivity index (χ1) is 10.1. The van der Waals surface area contributed by atoms with Gasteiger partial charge in [0.25, 0.3) is 5.91 Å². The van der Waals surface area contributed by atoms with Crippen molar-refractivity contribution in [3.63, 3.8) is 0 Å². The zero-order chi connectivity index (χ0) is 15.2. The molecule has 0 bridgehead atoms. The van der Waals surface area contributed by atoms with Crippen molar-refractivity contribution in [1.29, 1.82) is 0 Å². The van der Waals surface area contributed by atoms with Gasteiger partial charge in [-0.1, -0.05) is 28.9 Å². The van der Waals surface area contributed by atoms with E-state index in [-0.39, 0.29) is 12.5 Å². The minimum Gasteiger partial charge on any atom is -0.484 e. The van der Waals surface area contributed by atoms with Crippen LogP contribution in [-0.4, -0.2) is 12.5 Å². The lowest BCUT2D eigenvalue weighted by molar-refractivity contribution is -0.118. The van der Waals surface area contributed by atoms with Crippen LogP contribution in [0.15, 0.2) is 51.4 Å². The largest absolute Gasteiger partial charge is 0.484 e. The summed E-state index contributed by atoms with van der Waals surface area (Å²) in [5.74, 6) is 0.469. The van der Waals surface area contributed by atoms with E-state index in [1.54, 1.807) is 0 Å². The van der Waals surface area contributed by atoms with Crippen LogP contribution in [0.5, 0.6) is 5.75 Å². The molecule has 0 unspecified atom stereocenters. The van der Waals surface area contributed by atoms with E-state index in [9.17, 15) is 4.79 Å². The van der Waals surface area contributed by atoms with Crippen molar-refractivity contribution < 1.29 is 9.53 Å². The van der Waals surface area contributed by atoms with E-state index in [4.69, 9.17) is 4.74 Å². The number of rotatable bonds is 5. The Morgan fingerprint density at radius 1 is 1.14 bits per heavy atom. The molecule has 21 heavy (non-hydrogen) atoms. The fourth-order valence-electron chi connectivity index (χ4n) is 1.75. The van der Waals surface area contributed by atoms with Gasteiger partial charge in [0, 0.05) is 8.95 Å². The van der Waals surface area contributed by atoms with Crippen molar-refractivity contribution in [2.24, 2.45) is 0 Å². The quantitative estimate of drug-likeness (QED) is 0.766. The number of nitrogens with one attached hydrogen (secondary N) is 1. The molecule has 2 rings (SSSR count). The van der Waals surface area contributed by atoms with Gasteiger partial charge in [-0.05, 0) is 64.3 Å². The van der Waals surface area contributed by atoms with Crippen molar-refractivity contribution >= 4 is 43.5 Å². The summed E-state index contributed by atoms with van der Waals surface area (Å²) < 4.78 is 7.28. The summed E-state index contributed by atoms with van der Waals surface area (Å²) in [6.07, 6.45) is 0.958. The lowest BCUT2D eigenvalue weighted by Crippen LogP contribution is -2.20. The number of benzene rings is 2. The Balaban J connectivity index is 1.91. The molecule has 0 fully saturated rings. The van der Waals surface area contributed by atoms with Gasteiger partial charge in [-0.25, -0.2) is 0 Å². The van der Waals surface area contributed by atoms with E-state index in [0.29, 0.717) is 5.75 Å². The zero-order valence-corrected chi connectivity index (χ0v) is 14.7. The molecule has 1 amide bonds. The maximum atomic E-state index is 11.9. The minimum absolute atomic E-state index is 0.0242. The zero-order valence-electron chi connectivity index (χ0n) is 11.5. The van der Waals surface area contributed by atoms with Gasteiger partial charge in [-0.3, -0.25) is 4.79 Å². The molecule has 5 heteroatoms. The Kier molecular flexibility index (Phi) is 5.82. The Hall–Kier alpha value is -1.33. The Morgan fingerprint density at radius 2 is 1.86 bits per heavy atom. The summed E-state index contributed by atoms with van der Waals surface area (Å²) in [4.78, 5) is 11.9. The van der Waals surface area contributed by atoms with Gasteiger partial charge in [0.05, 0.1) is 5.69 Å². The Morgan fingerprint density at radius 3 is 2.48 bits per heavy atom.